The largest absolute Gasteiger partial charge is 0.380 e. The van der Waals surface area contributed by atoms with E-state index in [9.17, 15) is 9.59 Å². The van der Waals surface area contributed by atoms with Crippen molar-refractivity contribution in [1.82, 2.24) is 14.9 Å². The molecule has 0 saturated carbocycles. The molecule has 8 heteroatoms. The van der Waals surface area contributed by atoms with Crippen LogP contribution in [0, 0.1) is 0 Å². The Morgan fingerprint density at radius 3 is 2.45 bits per heavy atom. The summed E-state index contributed by atoms with van der Waals surface area (Å²) < 4.78 is 0. The maximum absolute atomic E-state index is 12.1. The summed E-state index contributed by atoms with van der Waals surface area (Å²) >= 11 is 0. The Balaban J connectivity index is 1.25. The van der Waals surface area contributed by atoms with E-state index in [1.165, 1.54) is 11.8 Å². The lowest BCUT2D eigenvalue weighted by atomic mass is 9.89. The Morgan fingerprint density at radius 2 is 1.75 bits per heavy atom. The highest BCUT2D eigenvalue weighted by Crippen LogP contribution is 2.30. The predicted octanol–water partition coefficient (Wildman–Crippen LogP) is 5.71. The third kappa shape index (κ3) is 6.46. The van der Waals surface area contributed by atoms with Crippen LogP contribution < -0.4 is 16.4 Å². The zero-order chi connectivity index (χ0) is 27.9. The minimum absolute atomic E-state index is 0.236. The van der Waals surface area contributed by atoms with Gasteiger partial charge < -0.3 is 21.3 Å². The van der Waals surface area contributed by atoms with Crippen molar-refractivity contribution in [3.8, 4) is 11.1 Å². The van der Waals surface area contributed by atoms with Crippen LogP contribution in [0.3, 0.4) is 0 Å². The average Bonchev–Trinajstić information content (AvgIpc) is 3.00. The number of amides is 2. The van der Waals surface area contributed by atoms with Crippen LogP contribution in [0.15, 0.2) is 85.3 Å². The Kier molecular flexibility index (Phi) is 8.35. The summed E-state index contributed by atoms with van der Waals surface area (Å²) in [5, 5.41) is 6.70. The Bertz CT molecular complexity index is 1460. The highest BCUT2D eigenvalue weighted by atomic mass is 16.2. The van der Waals surface area contributed by atoms with Gasteiger partial charge in [-0.3, -0.25) is 14.6 Å². The summed E-state index contributed by atoms with van der Waals surface area (Å²) in [4.78, 5) is 34.7. The van der Waals surface area contributed by atoms with E-state index in [1.807, 2.05) is 60.5 Å². The van der Waals surface area contributed by atoms with Crippen LogP contribution in [0.5, 0.6) is 0 Å². The van der Waals surface area contributed by atoms with Gasteiger partial charge >= 0.3 is 0 Å². The van der Waals surface area contributed by atoms with E-state index >= 15 is 0 Å². The number of carbonyl (C=O) groups excluding carboxylic acids is 2. The molecule has 0 radical (unpaired) electrons. The number of rotatable bonds is 9. The Labute approximate surface area is 234 Å². The van der Waals surface area contributed by atoms with Gasteiger partial charge in [0.2, 0.25) is 5.91 Å². The lowest BCUT2D eigenvalue weighted by molar-refractivity contribution is -0.131. The van der Waals surface area contributed by atoms with Gasteiger partial charge in [0.05, 0.1) is 11.3 Å². The summed E-state index contributed by atoms with van der Waals surface area (Å²) in [6.07, 6.45) is 7.62. The number of carbonyl (C=O) groups is 2. The summed E-state index contributed by atoms with van der Waals surface area (Å²) in [6.45, 7) is 4.06. The molecule has 8 nitrogen and oxygen atoms in total. The van der Waals surface area contributed by atoms with Gasteiger partial charge in [-0.1, -0.05) is 43.3 Å². The minimum Gasteiger partial charge on any atom is -0.380 e. The SMILES string of the molecule is CCC(=O)N1CCC(c2ccc(Nc3cc(NCc4cccc(-c5cccnc5)c4)c(C(N)=O)cn3)cc2)CC1. The fraction of sp³-hybridized carbons (Fsp3) is 0.250. The summed E-state index contributed by atoms with van der Waals surface area (Å²) in [5.74, 6) is 0.757. The van der Waals surface area contributed by atoms with Crippen molar-refractivity contribution >= 4 is 29.0 Å². The van der Waals surface area contributed by atoms with Gasteiger partial charge in [0.25, 0.3) is 5.91 Å². The first-order valence-corrected chi connectivity index (χ1v) is 13.7. The van der Waals surface area contributed by atoms with Crippen LogP contribution in [0.2, 0.25) is 0 Å². The number of nitrogens with zero attached hydrogens (tertiary/aromatic N) is 3. The molecule has 0 aliphatic carbocycles. The van der Waals surface area contributed by atoms with E-state index in [2.05, 4.69) is 38.8 Å². The zero-order valence-corrected chi connectivity index (χ0v) is 22.6. The van der Waals surface area contributed by atoms with Crippen molar-refractivity contribution in [2.75, 3.05) is 23.7 Å². The van der Waals surface area contributed by atoms with Gasteiger partial charge in [0.15, 0.2) is 0 Å². The molecule has 4 N–H and O–H groups in total. The smallest absolute Gasteiger partial charge is 0.252 e. The molecule has 40 heavy (non-hydrogen) atoms. The second-order valence-corrected chi connectivity index (χ2v) is 10.0. The van der Waals surface area contributed by atoms with Gasteiger partial charge in [0, 0.05) is 56.4 Å². The summed E-state index contributed by atoms with van der Waals surface area (Å²) in [6, 6.07) is 22.3. The molecule has 1 aliphatic heterocycles. The second kappa shape index (κ2) is 12.4. The van der Waals surface area contributed by atoms with Gasteiger partial charge in [-0.15, -0.1) is 0 Å². The molecule has 2 amide bonds. The molecule has 1 aliphatic rings. The number of nitrogens with one attached hydrogen (secondary N) is 2. The van der Waals surface area contributed by atoms with Crippen molar-refractivity contribution in [1.29, 1.82) is 0 Å². The second-order valence-electron chi connectivity index (χ2n) is 10.0. The van der Waals surface area contributed by atoms with Crippen molar-refractivity contribution < 1.29 is 9.59 Å². The van der Waals surface area contributed by atoms with Crippen molar-refractivity contribution in [2.45, 2.75) is 38.6 Å². The van der Waals surface area contributed by atoms with Crippen molar-refractivity contribution in [3.05, 3.63) is 102 Å². The van der Waals surface area contributed by atoms with E-state index in [0.29, 0.717) is 36.0 Å². The quantitative estimate of drug-likeness (QED) is 0.253. The lowest BCUT2D eigenvalue weighted by Gasteiger charge is -2.32. The third-order valence-electron chi connectivity index (χ3n) is 7.38. The molecule has 2 aromatic carbocycles. The van der Waals surface area contributed by atoms with Crippen LogP contribution in [0.25, 0.3) is 11.1 Å². The molecular weight excluding hydrogens is 500 g/mol. The molecule has 5 rings (SSSR count). The molecule has 0 atom stereocenters. The number of primary amides is 1. The van der Waals surface area contributed by atoms with E-state index in [-0.39, 0.29) is 5.91 Å². The van der Waals surface area contributed by atoms with E-state index in [4.69, 9.17) is 5.73 Å². The first-order valence-electron chi connectivity index (χ1n) is 13.7. The molecule has 1 saturated heterocycles. The van der Waals surface area contributed by atoms with Gasteiger partial charge in [0.1, 0.15) is 5.82 Å². The van der Waals surface area contributed by atoms with Gasteiger partial charge in [-0.25, -0.2) is 4.98 Å². The number of anilines is 3. The molecule has 1 fully saturated rings. The zero-order valence-electron chi connectivity index (χ0n) is 22.6. The number of aromatic nitrogens is 2. The summed E-state index contributed by atoms with van der Waals surface area (Å²) in [7, 11) is 0. The molecule has 0 bridgehead atoms. The van der Waals surface area contributed by atoms with E-state index in [0.717, 1.165) is 48.3 Å². The lowest BCUT2D eigenvalue weighted by Crippen LogP contribution is -2.37. The number of nitrogens with two attached hydrogens (primary N) is 1. The average molecular weight is 535 g/mol. The van der Waals surface area contributed by atoms with Crippen LogP contribution >= 0.6 is 0 Å². The number of hydrogen-bond donors (Lipinski definition) is 3. The highest BCUT2D eigenvalue weighted by molar-refractivity contribution is 5.98. The van der Waals surface area contributed by atoms with Crippen LogP contribution in [0.1, 0.15) is 53.6 Å². The number of hydrogen-bond acceptors (Lipinski definition) is 6. The number of likely N-dealkylation sites (tertiary alicyclic amines) is 1. The fourth-order valence-electron chi connectivity index (χ4n) is 5.13. The van der Waals surface area contributed by atoms with Crippen LogP contribution in [-0.2, 0) is 11.3 Å². The monoisotopic (exact) mass is 534 g/mol. The number of pyridine rings is 2. The topological polar surface area (TPSA) is 113 Å². The van der Waals surface area contributed by atoms with E-state index in [1.54, 1.807) is 12.3 Å². The highest BCUT2D eigenvalue weighted by Gasteiger charge is 2.22. The Morgan fingerprint density at radius 1 is 0.975 bits per heavy atom. The normalized spacial score (nSPS) is 13.6. The van der Waals surface area contributed by atoms with Crippen molar-refractivity contribution in [3.63, 3.8) is 0 Å². The minimum atomic E-state index is -0.540. The van der Waals surface area contributed by atoms with Crippen LogP contribution in [0.4, 0.5) is 17.2 Å². The van der Waals surface area contributed by atoms with Gasteiger partial charge in [-0.2, -0.15) is 0 Å². The standard InChI is InChI=1S/C32H34N6O2/c1-2-31(39)38-15-12-24(13-16-38)23-8-10-27(11-9-23)37-30-18-29(28(21-36-30)32(33)40)35-19-22-5-3-6-25(17-22)26-7-4-14-34-20-26/h3-11,14,17-18,20-21,24H,2,12-13,15-16,19H2,1H3,(H2,33,40)(H2,35,36,37). The van der Waals surface area contributed by atoms with Crippen molar-refractivity contribution in [2.24, 2.45) is 5.73 Å². The molecular formula is C32H34N6O2. The molecule has 2 aromatic heterocycles. The van der Waals surface area contributed by atoms with E-state index < -0.39 is 5.91 Å². The molecule has 0 unspecified atom stereocenters. The first-order chi connectivity index (χ1) is 19.5. The number of benzene rings is 2. The predicted molar refractivity (Wildman–Crippen MR) is 158 cm³/mol. The maximum Gasteiger partial charge on any atom is 0.252 e. The Hall–Kier alpha value is -4.72. The molecule has 3 heterocycles. The number of piperidine rings is 1. The molecule has 0 spiro atoms. The first kappa shape index (κ1) is 26.9. The maximum atomic E-state index is 12.1. The summed E-state index contributed by atoms with van der Waals surface area (Å²) in [5.41, 5.74) is 11.9. The molecule has 204 valence electrons. The fourth-order valence-corrected chi connectivity index (χ4v) is 5.13. The van der Waals surface area contributed by atoms with Gasteiger partial charge in [-0.05, 0) is 65.3 Å². The van der Waals surface area contributed by atoms with Crippen LogP contribution in [-0.4, -0.2) is 39.8 Å². The molecule has 4 aromatic rings. The third-order valence-corrected chi connectivity index (χ3v) is 7.38.